The maximum Gasteiger partial charge on any atom is 0.416 e. The smallest absolute Gasteiger partial charge is 0.416 e. The van der Waals surface area contributed by atoms with Crippen LogP contribution in [0.25, 0.3) is 0 Å². The van der Waals surface area contributed by atoms with Gasteiger partial charge in [0.15, 0.2) is 12.0 Å². The Bertz CT molecular complexity index is 817. The number of carbonyl (C=O) groups excluding carboxylic acids is 2. The third-order valence-electron chi connectivity index (χ3n) is 4.07. The van der Waals surface area contributed by atoms with Crippen LogP contribution in [0.5, 0.6) is 0 Å². The summed E-state index contributed by atoms with van der Waals surface area (Å²) in [5.74, 6) is -2.79. The molecule has 8 heteroatoms. The van der Waals surface area contributed by atoms with Gasteiger partial charge in [-0.05, 0) is 36.8 Å². The molecule has 2 rings (SSSR count). The van der Waals surface area contributed by atoms with Gasteiger partial charge >= 0.3 is 12.1 Å². The summed E-state index contributed by atoms with van der Waals surface area (Å²) >= 11 is 5.83. The van der Waals surface area contributed by atoms with Crippen molar-refractivity contribution < 1.29 is 31.9 Å². The van der Waals surface area contributed by atoms with E-state index in [2.05, 4.69) is 4.74 Å². The molecule has 0 saturated heterocycles. The zero-order valence-corrected chi connectivity index (χ0v) is 15.6. The molecule has 0 aliphatic rings. The number of hydrogen-bond donors (Lipinski definition) is 0. The maximum atomic E-state index is 14.3. The van der Waals surface area contributed by atoms with Crippen molar-refractivity contribution in [2.75, 3.05) is 6.61 Å². The van der Waals surface area contributed by atoms with E-state index in [9.17, 15) is 27.2 Å². The van der Waals surface area contributed by atoms with Crippen LogP contribution in [-0.4, -0.2) is 24.5 Å². The molecule has 0 heterocycles. The summed E-state index contributed by atoms with van der Waals surface area (Å²) in [4.78, 5) is 24.5. The van der Waals surface area contributed by atoms with E-state index in [1.54, 1.807) is 0 Å². The van der Waals surface area contributed by atoms with Crippen LogP contribution in [0.1, 0.15) is 40.7 Å². The molecule has 28 heavy (non-hydrogen) atoms. The zero-order chi connectivity index (χ0) is 20.9. The summed E-state index contributed by atoms with van der Waals surface area (Å²) < 4.78 is 57.1. The SMILES string of the molecule is CCOC(=O)C(F)CC(C(=O)c1ccc(C(F)(F)F)cc1)c1ccc(Cl)cc1. The molecular weight excluding hydrogens is 400 g/mol. The van der Waals surface area contributed by atoms with Crippen molar-refractivity contribution in [2.45, 2.75) is 31.6 Å². The first-order valence-corrected chi connectivity index (χ1v) is 8.79. The van der Waals surface area contributed by atoms with Crippen molar-refractivity contribution in [3.8, 4) is 0 Å². The quantitative estimate of drug-likeness (QED) is 0.334. The Labute approximate surface area is 164 Å². The van der Waals surface area contributed by atoms with Gasteiger partial charge in [-0.3, -0.25) is 4.79 Å². The predicted octanol–water partition coefficient (Wildman–Crippen LogP) is 5.62. The zero-order valence-electron chi connectivity index (χ0n) is 14.8. The van der Waals surface area contributed by atoms with Gasteiger partial charge in [-0.2, -0.15) is 13.2 Å². The Hall–Kier alpha value is -2.41. The minimum absolute atomic E-state index is 0.0162. The van der Waals surface area contributed by atoms with E-state index < -0.39 is 42.0 Å². The van der Waals surface area contributed by atoms with Crippen LogP contribution in [0, 0.1) is 0 Å². The lowest BCUT2D eigenvalue weighted by Crippen LogP contribution is -2.25. The molecule has 0 saturated carbocycles. The molecule has 0 bridgehead atoms. The summed E-state index contributed by atoms with van der Waals surface area (Å²) in [7, 11) is 0. The number of alkyl halides is 4. The average Bonchev–Trinajstić information content (AvgIpc) is 2.66. The van der Waals surface area contributed by atoms with E-state index >= 15 is 0 Å². The third-order valence-corrected chi connectivity index (χ3v) is 4.32. The van der Waals surface area contributed by atoms with E-state index in [0.717, 1.165) is 24.3 Å². The van der Waals surface area contributed by atoms with E-state index in [0.29, 0.717) is 10.6 Å². The van der Waals surface area contributed by atoms with E-state index in [4.69, 9.17) is 11.6 Å². The molecule has 2 aromatic carbocycles. The minimum atomic E-state index is -4.54. The standard InChI is InChI=1S/C20H17ClF4O3/c1-2-28-19(27)17(22)11-16(12-5-9-15(21)10-6-12)18(26)13-3-7-14(8-4-13)20(23,24)25/h3-10,16-17H,2,11H2,1H3. The first-order chi connectivity index (χ1) is 13.1. The van der Waals surface area contributed by atoms with Crippen LogP contribution in [0.4, 0.5) is 17.6 Å². The minimum Gasteiger partial charge on any atom is -0.464 e. The van der Waals surface area contributed by atoms with Gasteiger partial charge in [-0.25, -0.2) is 9.18 Å². The number of ether oxygens (including phenoxy) is 1. The Morgan fingerprint density at radius 1 is 1.04 bits per heavy atom. The lowest BCUT2D eigenvalue weighted by atomic mass is 9.86. The molecule has 0 spiro atoms. The normalized spacial score (nSPS) is 13.6. The first kappa shape index (κ1) is 21.9. The molecule has 0 aliphatic carbocycles. The molecule has 2 aromatic rings. The third kappa shape index (κ3) is 5.55. The lowest BCUT2D eigenvalue weighted by Gasteiger charge is -2.19. The first-order valence-electron chi connectivity index (χ1n) is 8.41. The number of halogens is 5. The molecule has 2 unspecified atom stereocenters. The Balaban J connectivity index is 2.33. The molecule has 0 amide bonds. The maximum absolute atomic E-state index is 14.3. The Morgan fingerprint density at radius 3 is 2.11 bits per heavy atom. The second kappa shape index (κ2) is 9.19. The lowest BCUT2D eigenvalue weighted by molar-refractivity contribution is -0.149. The predicted molar refractivity (Wildman–Crippen MR) is 96.1 cm³/mol. The largest absolute Gasteiger partial charge is 0.464 e. The summed E-state index contributed by atoms with van der Waals surface area (Å²) in [6.07, 6.45) is -7.09. The van der Waals surface area contributed by atoms with Gasteiger partial charge < -0.3 is 4.74 Å². The number of Topliss-reactive ketones (excluding diaryl/α,β-unsaturated/α-hetero) is 1. The van der Waals surface area contributed by atoms with Gasteiger partial charge in [0.2, 0.25) is 0 Å². The number of esters is 1. The summed E-state index contributed by atoms with van der Waals surface area (Å²) in [5.41, 5.74) is -0.535. The highest BCUT2D eigenvalue weighted by molar-refractivity contribution is 6.30. The summed E-state index contributed by atoms with van der Waals surface area (Å²) in [6, 6.07) is 9.65. The molecule has 150 valence electrons. The van der Waals surface area contributed by atoms with Crippen LogP contribution < -0.4 is 0 Å². The van der Waals surface area contributed by atoms with Crippen molar-refractivity contribution in [1.82, 2.24) is 0 Å². The van der Waals surface area contributed by atoms with E-state index in [1.165, 1.54) is 31.2 Å². The highest BCUT2D eigenvalue weighted by atomic mass is 35.5. The topological polar surface area (TPSA) is 43.4 Å². The summed E-state index contributed by atoms with van der Waals surface area (Å²) in [5, 5.41) is 0.395. The van der Waals surface area contributed by atoms with Crippen LogP contribution in [0.15, 0.2) is 48.5 Å². The van der Waals surface area contributed by atoms with Gasteiger partial charge in [-0.1, -0.05) is 35.9 Å². The fourth-order valence-electron chi connectivity index (χ4n) is 2.65. The van der Waals surface area contributed by atoms with Crippen molar-refractivity contribution in [2.24, 2.45) is 0 Å². The average molecular weight is 417 g/mol. The van der Waals surface area contributed by atoms with E-state index in [1.807, 2.05) is 0 Å². The van der Waals surface area contributed by atoms with Crippen molar-refractivity contribution in [3.05, 3.63) is 70.2 Å². The fraction of sp³-hybridized carbons (Fsp3) is 0.300. The molecule has 0 aliphatic heterocycles. The van der Waals surface area contributed by atoms with Gasteiger partial charge in [0.05, 0.1) is 18.1 Å². The highest BCUT2D eigenvalue weighted by Crippen LogP contribution is 2.32. The van der Waals surface area contributed by atoms with Crippen LogP contribution >= 0.6 is 11.6 Å². The van der Waals surface area contributed by atoms with Gasteiger partial charge in [0.25, 0.3) is 0 Å². The molecule has 0 N–H and O–H groups in total. The number of hydrogen-bond acceptors (Lipinski definition) is 3. The molecule has 0 fully saturated rings. The Kier molecular flexibility index (Phi) is 7.18. The van der Waals surface area contributed by atoms with E-state index in [-0.39, 0.29) is 12.2 Å². The Morgan fingerprint density at radius 2 is 1.61 bits per heavy atom. The van der Waals surface area contributed by atoms with Crippen molar-refractivity contribution in [3.63, 3.8) is 0 Å². The fourth-order valence-corrected chi connectivity index (χ4v) is 2.78. The number of carbonyl (C=O) groups is 2. The van der Waals surface area contributed by atoms with Crippen molar-refractivity contribution >= 4 is 23.4 Å². The number of rotatable bonds is 7. The highest BCUT2D eigenvalue weighted by Gasteiger charge is 2.32. The van der Waals surface area contributed by atoms with Crippen LogP contribution in [-0.2, 0) is 15.7 Å². The molecular formula is C20H17ClF4O3. The molecule has 3 nitrogen and oxygen atoms in total. The molecule has 2 atom stereocenters. The molecule has 0 radical (unpaired) electrons. The van der Waals surface area contributed by atoms with Crippen LogP contribution in [0.2, 0.25) is 5.02 Å². The van der Waals surface area contributed by atoms with Gasteiger partial charge in [-0.15, -0.1) is 0 Å². The second-order valence-corrected chi connectivity index (χ2v) is 6.44. The van der Waals surface area contributed by atoms with Gasteiger partial charge in [0, 0.05) is 17.0 Å². The molecule has 0 aromatic heterocycles. The van der Waals surface area contributed by atoms with Crippen molar-refractivity contribution in [1.29, 1.82) is 0 Å². The summed E-state index contributed by atoms with van der Waals surface area (Å²) in [6.45, 7) is 1.51. The number of ketones is 1. The monoisotopic (exact) mass is 416 g/mol. The number of benzene rings is 2. The van der Waals surface area contributed by atoms with Crippen LogP contribution in [0.3, 0.4) is 0 Å². The second-order valence-electron chi connectivity index (χ2n) is 6.00. The van der Waals surface area contributed by atoms with Gasteiger partial charge in [0.1, 0.15) is 0 Å².